The minimum atomic E-state index is -0.266. The van der Waals surface area contributed by atoms with Crippen LogP contribution in [0.15, 0.2) is 54.6 Å². The highest BCUT2D eigenvalue weighted by atomic mass is 19.1. The van der Waals surface area contributed by atoms with Crippen molar-refractivity contribution in [2.24, 2.45) is 0 Å². The van der Waals surface area contributed by atoms with E-state index in [2.05, 4.69) is 15.4 Å². The molecule has 0 aliphatic carbocycles. The first-order chi connectivity index (χ1) is 13.0. The molecule has 2 heterocycles. The molecule has 4 rings (SSSR count). The topological polar surface area (TPSA) is 51.5 Å². The van der Waals surface area contributed by atoms with Crippen LogP contribution in [0.2, 0.25) is 0 Å². The maximum Gasteiger partial charge on any atom is 0.165 e. The monoisotopic (exact) mass is 362 g/mol. The van der Waals surface area contributed by atoms with Crippen LogP contribution in [0.25, 0.3) is 16.8 Å². The summed E-state index contributed by atoms with van der Waals surface area (Å²) in [6, 6.07) is 16.0. The number of anilines is 2. The zero-order chi connectivity index (χ0) is 19.0. The van der Waals surface area contributed by atoms with E-state index >= 15 is 0 Å². The Bertz CT molecular complexity index is 1120. The van der Waals surface area contributed by atoms with Crippen LogP contribution in [0, 0.1) is 19.7 Å². The van der Waals surface area contributed by atoms with E-state index in [-0.39, 0.29) is 5.82 Å². The van der Waals surface area contributed by atoms with Gasteiger partial charge in [0.1, 0.15) is 17.4 Å². The molecule has 4 aromatic rings. The highest BCUT2D eigenvalue weighted by Gasteiger charge is 2.16. The minimum absolute atomic E-state index is 0.266. The van der Waals surface area contributed by atoms with E-state index in [1.807, 2.05) is 44.2 Å². The smallest absolute Gasteiger partial charge is 0.165 e. The molecule has 136 valence electrons. The molecular formula is C21H19FN4O. The lowest BCUT2D eigenvalue weighted by Crippen LogP contribution is -2.02. The van der Waals surface area contributed by atoms with Crippen molar-refractivity contribution in [3.05, 3.63) is 71.8 Å². The van der Waals surface area contributed by atoms with E-state index in [0.717, 1.165) is 45.4 Å². The largest absolute Gasteiger partial charge is 0.497 e. The van der Waals surface area contributed by atoms with Crippen molar-refractivity contribution in [1.29, 1.82) is 0 Å². The summed E-state index contributed by atoms with van der Waals surface area (Å²) in [6.07, 6.45) is 0. The van der Waals surface area contributed by atoms with Gasteiger partial charge in [-0.2, -0.15) is 9.61 Å². The summed E-state index contributed by atoms with van der Waals surface area (Å²) in [4.78, 5) is 4.67. The van der Waals surface area contributed by atoms with Crippen molar-refractivity contribution in [3.63, 3.8) is 0 Å². The van der Waals surface area contributed by atoms with E-state index in [9.17, 15) is 4.39 Å². The number of hydrogen-bond donors (Lipinski definition) is 1. The summed E-state index contributed by atoms with van der Waals surface area (Å²) >= 11 is 0. The zero-order valence-electron chi connectivity index (χ0n) is 15.3. The highest BCUT2D eigenvalue weighted by molar-refractivity contribution is 5.81. The maximum atomic E-state index is 13.3. The molecule has 0 fully saturated rings. The number of ether oxygens (including phenoxy) is 1. The fourth-order valence-electron chi connectivity index (χ4n) is 3.14. The van der Waals surface area contributed by atoms with Gasteiger partial charge < -0.3 is 10.1 Å². The molecule has 5 nitrogen and oxygen atoms in total. The van der Waals surface area contributed by atoms with Crippen LogP contribution >= 0.6 is 0 Å². The lowest BCUT2D eigenvalue weighted by Gasteiger charge is -2.11. The summed E-state index contributed by atoms with van der Waals surface area (Å²) in [6.45, 7) is 3.87. The second kappa shape index (κ2) is 6.72. The first-order valence-electron chi connectivity index (χ1n) is 8.59. The quantitative estimate of drug-likeness (QED) is 0.561. The second-order valence-corrected chi connectivity index (χ2v) is 6.34. The van der Waals surface area contributed by atoms with Gasteiger partial charge >= 0.3 is 0 Å². The minimum Gasteiger partial charge on any atom is -0.497 e. The maximum absolute atomic E-state index is 13.3. The Kier molecular flexibility index (Phi) is 4.24. The summed E-state index contributed by atoms with van der Waals surface area (Å²) < 4.78 is 20.4. The molecule has 0 amide bonds. The van der Waals surface area contributed by atoms with Gasteiger partial charge in [0.25, 0.3) is 0 Å². The van der Waals surface area contributed by atoms with Crippen molar-refractivity contribution in [2.75, 3.05) is 12.4 Å². The second-order valence-electron chi connectivity index (χ2n) is 6.34. The molecule has 0 aliphatic rings. The summed E-state index contributed by atoms with van der Waals surface area (Å²) in [7, 11) is 1.64. The number of rotatable bonds is 4. The molecule has 0 radical (unpaired) electrons. The van der Waals surface area contributed by atoms with Crippen LogP contribution in [0.3, 0.4) is 0 Å². The summed E-state index contributed by atoms with van der Waals surface area (Å²) in [5, 5.41) is 8.04. The first kappa shape index (κ1) is 17.0. The summed E-state index contributed by atoms with van der Waals surface area (Å²) in [5.74, 6) is 1.30. The molecule has 27 heavy (non-hydrogen) atoms. The van der Waals surface area contributed by atoms with Crippen LogP contribution in [-0.4, -0.2) is 21.7 Å². The van der Waals surface area contributed by atoms with Crippen molar-refractivity contribution in [3.8, 4) is 16.9 Å². The van der Waals surface area contributed by atoms with Crippen LogP contribution in [-0.2, 0) is 0 Å². The van der Waals surface area contributed by atoms with Gasteiger partial charge in [0.2, 0.25) is 0 Å². The fraction of sp³-hybridized carbons (Fsp3) is 0.143. The molecule has 2 aromatic carbocycles. The lowest BCUT2D eigenvalue weighted by atomic mass is 10.1. The van der Waals surface area contributed by atoms with Gasteiger partial charge in [0, 0.05) is 29.1 Å². The molecule has 0 saturated carbocycles. The Labute approximate surface area is 156 Å². The molecule has 0 aliphatic heterocycles. The van der Waals surface area contributed by atoms with Gasteiger partial charge in [-0.05, 0) is 43.7 Å². The summed E-state index contributed by atoms with van der Waals surface area (Å²) in [5.41, 5.74) is 5.08. The number of halogens is 1. The third-order valence-corrected chi connectivity index (χ3v) is 4.37. The van der Waals surface area contributed by atoms with E-state index in [0.29, 0.717) is 0 Å². The van der Waals surface area contributed by atoms with Crippen molar-refractivity contribution >= 4 is 17.2 Å². The van der Waals surface area contributed by atoms with Gasteiger partial charge in [0.15, 0.2) is 5.65 Å². The SMILES string of the molecule is COc1cccc(Nc2cc(C)nc3c(-c4ccc(F)cc4)c(C)nn23)c1. The number of nitrogens with zero attached hydrogens (tertiary/aromatic N) is 3. The Hall–Kier alpha value is -3.41. The normalized spacial score (nSPS) is 11.0. The van der Waals surface area contributed by atoms with E-state index in [1.165, 1.54) is 12.1 Å². The van der Waals surface area contributed by atoms with Crippen LogP contribution in [0.5, 0.6) is 5.75 Å². The van der Waals surface area contributed by atoms with Gasteiger partial charge in [-0.3, -0.25) is 0 Å². The zero-order valence-corrected chi connectivity index (χ0v) is 15.3. The van der Waals surface area contributed by atoms with E-state index < -0.39 is 0 Å². The van der Waals surface area contributed by atoms with Crippen LogP contribution in [0.1, 0.15) is 11.4 Å². The molecule has 1 N–H and O–H groups in total. The van der Waals surface area contributed by atoms with Crippen molar-refractivity contribution in [2.45, 2.75) is 13.8 Å². The number of aromatic nitrogens is 3. The average molecular weight is 362 g/mol. The third-order valence-electron chi connectivity index (χ3n) is 4.37. The number of nitrogens with one attached hydrogen (secondary N) is 1. The van der Waals surface area contributed by atoms with Gasteiger partial charge in [0.05, 0.1) is 12.8 Å². The Morgan fingerprint density at radius 3 is 2.56 bits per heavy atom. The predicted octanol–water partition coefficient (Wildman–Crippen LogP) is 4.90. The van der Waals surface area contributed by atoms with Crippen molar-refractivity contribution in [1.82, 2.24) is 14.6 Å². The van der Waals surface area contributed by atoms with Gasteiger partial charge in [-0.15, -0.1) is 0 Å². The third kappa shape index (κ3) is 3.21. The molecule has 0 bridgehead atoms. The van der Waals surface area contributed by atoms with Gasteiger partial charge in [-0.1, -0.05) is 18.2 Å². The fourth-order valence-corrected chi connectivity index (χ4v) is 3.14. The Morgan fingerprint density at radius 2 is 1.81 bits per heavy atom. The highest BCUT2D eigenvalue weighted by Crippen LogP contribution is 2.30. The molecule has 0 unspecified atom stereocenters. The number of fused-ring (bicyclic) bond motifs is 1. The number of benzene rings is 2. The Balaban J connectivity index is 1.85. The molecular weight excluding hydrogens is 343 g/mol. The predicted molar refractivity (Wildman–Crippen MR) is 104 cm³/mol. The molecule has 6 heteroatoms. The molecule has 0 spiro atoms. The van der Waals surface area contributed by atoms with E-state index in [4.69, 9.17) is 4.74 Å². The molecule has 0 saturated heterocycles. The van der Waals surface area contributed by atoms with E-state index in [1.54, 1.807) is 23.8 Å². The number of hydrogen-bond acceptors (Lipinski definition) is 4. The lowest BCUT2D eigenvalue weighted by molar-refractivity contribution is 0.415. The van der Waals surface area contributed by atoms with Crippen LogP contribution in [0.4, 0.5) is 15.9 Å². The Morgan fingerprint density at radius 1 is 1.04 bits per heavy atom. The number of aryl methyl sites for hydroxylation is 2. The number of methoxy groups -OCH3 is 1. The standard InChI is InChI=1S/C21H19FN4O/c1-13-11-19(24-17-5-4-6-18(12-17)27-3)26-21(23-13)20(14(2)25-26)15-7-9-16(22)10-8-15/h4-12,24H,1-3H3. The average Bonchev–Trinajstić information content (AvgIpc) is 2.99. The van der Waals surface area contributed by atoms with Crippen LogP contribution < -0.4 is 10.1 Å². The van der Waals surface area contributed by atoms with Crippen molar-refractivity contribution < 1.29 is 9.13 Å². The first-order valence-corrected chi connectivity index (χ1v) is 8.59. The molecule has 0 atom stereocenters. The molecule has 2 aromatic heterocycles. The van der Waals surface area contributed by atoms with Gasteiger partial charge in [-0.25, -0.2) is 9.37 Å².